The Hall–Kier alpha value is -3.63. The fourth-order valence-corrected chi connectivity index (χ4v) is 4.79. The zero-order valence-electron chi connectivity index (χ0n) is 18.8. The maximum absolute atomic E-state index is 13.1. The van der Waals surface area contributed by atoms with Crippen LogP contribution in [0.4, 0.5) is 24.5 Å². The van der Waals surface area contributed by atoms with Crippen molar-refractivity contribution in [3.63, 3.8) is 0 Å². The molecule has 0 aromatic heterocycles. The Balaban J connectivity index is 1.44. The molecule has 0 radical (unpaired) electrons. The first-order valence-corrected chi connectivity index (χ1v) is 11.9. The lowest BCUT2D eigenvalue weighted by atomic mass is 10.1. The second-order valence-corrected chi connectivity index (χ2v) is 9.43. The first-order valence-electron chi connectivity index (χ1n) is 10.7. The van der Waals surface area contributed by atoms with Crippen molar-refractivity contribution in [2.24, 2.45) is 0 Å². The number of rotatable bonds is 6. The number of aryl methyl sites for hydroxylation is 1. The lowest BCUT2D eigenvalue weighted by Crippen LogP contribution is -2.28. The molecule has 5 nitrogen and oxygen atoms in total. The summed E-state index contributed by atoms with van der Waals surface area (Å²) in [5, 5.41) is 2.23. The minimum absolute atomic E-state index is 0.242. The number of hydrogen-bond acceptors (Lipinski definition) is 5. The maximum Gasteiger partial charge on any atom is 0.418 e. The quantitative estimate of drug-likeness (QED) is 0.295. The van der Waals surface area contributed by atoms with E-state index in [1.807, 2.05) is 31.2 Å². The molecule has 1 N–H and O–H groups in total. The molecule has 1 aliphatic rings. The van der Waals surface area contributed by atoms with Gasteiger partial charge in [0.1, 0.15) is 5.75 Å². The first-order chi connectivity index (χ1) is 17.1. The molecule has 3 aromatic carbocycles. The van der Waals surface area contributed by atoms with Gasteiger partial charge in [0, 0.05) is 0 Å². The van der Waals surface area contributed by atoms with Crippen LogP contribution < -0.4 is 15.0 Å². The molecule has 184 valence electrons. The molecule has 0 saturated carbocycles. The van der Waals surface area contributed by atoms with E-state index < -0.39 is 24.3 Å². The monoisotopic (exact) mass is 528 g/mol. The Bertz CT molecular complexity index is 1370. The van der Waals surface area contributed by atoms with Crippen LogP contribution >= 0.6 is 24.0 Å². The smallest absolute Gasteiger partial charge is 0.418 e. The van der Waals surface area contributed by atoms with Gasteiger partial charge in [-0.25, -0.2) is 0 Å². The summed E-state index contributed by atoms with van der Waals surface area (Å²) in [4.78, 5) is 27.2. The van der Waals surface area contributed by atoms with Crippen molar-refractivity contribution in [3.8, 4) is 5.75 Å². The van der Waals surface area contributed by atoms with Crippen LogP contribution in [0.15, 0.2) is 77.7 Å². The van der Waals surface area contributed by atoms with Crippen molar-refractivity contribution in [1.82, 2.24) is 0 Å². The minimum Gasteiger partial charge on any atom is -0.484 e. The third kappa shape index (κ3) is 5.77. The van der Waals surface area contributed by atoms with Gasteiger partial charge in [0.2, 0.25) is 0 Å². The van der Waals surface area contributed by atoms with Crippen molar-refractivity contribution >= 4 is 57.6 Å². The molecule has 2 amide bonds. The summed E-state index contributed by atoms with van der Waals surface area (Å²) in [5.74, 6) is -0.665. The second kappa shape index (κ2) is 10.5. The molecule has 3 aromatic rings. The van der Waals surface area contributed by atoms with E-state index in [-0.39, 0.29) is 11.6 Å². The summed E-state index contributed by atoms with van der Waals surface area (Å²) in [6.07, 6.45) is -2.93. The first kappa shape index (κ1) is 25.5. The van der Waals surface area contributed by atoms with Crippen LogP contribution in [0.5, 0.6) is 5.75 Å². The van der Waals surface area contributed by atoms with E-state index in [1.54, 1.807) is 30.3 Å². The van der Waals surface area contributed by atoms with Crippen molar-refractivity contribution in [2.75, 3.05) is 16.8 Å². The zero-order chi connectivity index (χ0) is 25.9. The van der Waals surface area contributed by atoms with Gasteiger partial charge in [0.25, 0.3) is 11.8 Å². The van der Waals surface area contributed by atoms with Crippen LogP contribution in [0.3, 0.4) is 0 Å². The van der Waals surface area contributed by atoms with Gasteiger partial charge in [0.05, 0.1) is 21.8 Å². The average Bonchev–Trinajstić information content (AvgIpc) is 3.10. The number of amides is 2. The molecule has 4 rings (SSSR count). The molecule has 1 saturated heterocycles. The van der Waals surface area contributed by atoms with E-state index in [0.29, 0.717) is 20.5 Å². The van der Waals surface area contributed by atoms with Crippen LogP contribution in [0.25, 0.3) is 6.08 Å². The predicted octanol–water partition coefficient (Wildman–Crippen LogP) is 6.44. The van der Waals surface area contributed by atoms with Crippen LogP contribution in [0.2, 0.25) is 0 Å². The Kier molecular flexibility index (Phi) is 7.46. The van der Waals surface area contributed by atoms with Gasteiger partial charge in [-0.3, -0.25) is 14.5 Å². The molecule has 1 fully saturated rings. The highest BCUT2D eigenvalue weighted by Gasteiger charge is 2.34. The number of carbonyl (C=O) groups is 2. The van der Waals surface area contributed by atoms with E-state index in [0.717, 1.165) is 17.3 Å². The average molecular weight is 529 g/mol. The van der Waals surface area contributed by atoms with Crippen molar-refractivity contribution in [1.29, 1.82) is 0 Å². The Morgan fingerprint density at radius 1 is 1.08 bits per heavy atom. The lowest BCUT2D eigenvalue weighted by Gasteiger charge is -2.16. The van der Waals surface area contributed by atoms with Crippen LogP contribution in [-0.2, 0) is 15.8 Å². The van der Waals surface area contributed by atoms with Gasteiger partial charge in [-0.15, -0.1) is 0 Å². The fraction of sp³-hybridized carbons (Fsp3) is 0.115. The molecule has 1 aliphatic heterocycles. The number of ether oxygens (including phenoxy) is 1. The number of carbonyl (C=O) groups excluding carboxylic acids is 2. The molecular weight excluding hydrogens is 509 g/mol. The number of thiocarbonyl (C=S) groups is 1. The fourth-order valence-electron chi connectivity index (χ4n) is 3.51. The SMILES string of the molecule is Cc1ccccc1N1C(=O)/C(=C/c2cccc(OCC(=O)Nc3ccccc3C(F)(F)F)c2)SC1=S. The largest absolute Gasteiger partial charge is 0.484 e. The third-order valence-electron chi connectivity index (χ3n) is 5.18. The highest BCUT2D eigenvalue weighted by atomic mass is 32.2. The Morgan fingerprint density at radius 2 is 1.81 bits per heavy atom. The molecule has 0 atom stereocenters. The third-order valence-corrected chi connectivity index (χ3v) is 6.48. The molecule has 36 heavy (non-hydrogen) atoms. The number of nitrogens with one attached hydrogen (secondary N) is 1. The molecule has 10 heteroatoms. The van der Waals surface area contributed by atoms with Gasteiger partial charge >= 0.3 is 6.18 Å². The number of alkyl halides is 3. The van der Waals surface area contributed by atoms with Crippen molar-refractivity contribution in [2.45, 2.75) is 13.1 Å². The number of thioether (sulfide) groups is 1. The summed E-state index contributed by atoms with van der Waals surface area (Å²) < 4.78 is 45.3. The van der Waals surface area contributed by atoms with E-state index in [9.17, 15) is 22.8 Å². The second-order valence-electron chi connectivity index (χ2n) is 7.76. The van der Waals surface area contributed by atoms with Gasteiger partial charge in [0.15, 0.2) is 10.9 Å². The number of anilines is 2. The zero-order valence-corrected chi connectivity index (χ0v) is 20.5. The summed E-state index contributed by atoms with van der Waals surface area (Å²) >= 11 is 6.60. The number of nitrogens with zero attached hydrogens (tertiary/aromatic N) is 1. The summed E-state index contributed by atoms with van der Waals surface area (Å²) in [5.41, 5.74) is 0.993. The number of para-hydroxylation sites is 2. The minimum atomic E-state index is -4.60. The number of benzene rings is 3. The summed E-state index contributed by atoms with van der Waals surface area (Å²) in [6, 6.07) is 18.8. The normalized spacial score (nSPS) is 14.9. The summed E-state index contributed by atoms with van der Waals surface area (Å²) in [6.45, 7) is 1.40. The number of halogens is 3. The Labute approximate surface area is 214 Å². The molecule has 0 unspecified atom stereocenters. The molecule has 0 spiro atoms. The highest BCUT2D eigenvalue weighted by molar-refractivity contribution is 8.27. The van der Waals surface area contributed by atoms with E-state index in [2.05, 4.69) is 5.32 Å². The molecule has 1 heterocycles. The molecule has 0 aliphatic carbocycles. The van der Waals surface area contributed by atoms with E-state index in [1.165, 1.54) is 34.9 Å². The van der Waals surface area contributed by atoms with Crippen molar-refractivity contribution < 1.29 is 27.5 Å². The highest BCUT2D eigenvalue weighted by Crippen LogP contribution is 2.37. The molecular formula is C26H19F3N2O3S2. The summed E-state index contributed by atoms with van der Waals surface area (Å²) in [7, 11) is 0. The maximum atomic E-state index is 13.1. The predicted molar refractivity (Wildman–Crippen MR) is 139 cm³/mol. The van der Waals surface area contributed by atoms with Gasteiger partial charge in [-0.2, -0.15) is 13.2 Å². The van der Waals surface area contributed by atoms with Crippen LogP contribution in [0.1, 0.15) is 16.7 Å². The molecule has 0 bridgehead atoms. The van der Waals surface area contributed by atoms with Crippen LogP contribution in [0, 0.1) is 6.92 Å². The van der Waals surface area contributed by atoms with Gasteiger partial charge in [-0.1, -0.05) is 66.4 Å². The lowest BCUT2D eigenvalue weighted by molar-refractivity contribution is -0.137. The van der Waals surface area contributed by atoms with Crippen LogP contribution in [-0.4, -0.2) is 22.7 Å². The Morgan fingerprint density at radius 3 is 2.56 bits per heavy atom. The standard InChI is InChI=1S/C26H19F3N2O3S2/c1-16-7-2-5-12-21(16)31-24(33)22(36-25(31)35)14-17-8-6-9-18(13-17)34-15-23(32)30-20-11-4-3-10-19(20)26(27,28)29/h2-14H,15H2,1H3,(H,30,32)/b22-14-. The van der Waals surface area contributed by atoms with Gasteiger partial charge in [-0.05, 0) is 54.5 Å². The topological polar surface area (TPSA) is 58.6 Å². The van der Waals surface area contributed by atoms with Gasteiger partial charge < -0.3 is 10.1 Å². The van der Waals surface area contributed by atoms with E-state index >= 15 is 0 Å². The number of hydrogen-bond donors (Lipinski definition) is 1. The van der Waals surface area contributed by atoms with Crippen molar-refractivity contribution in [3.05, 3.63) is 94.4 Å². The van der Waals surface area contributed by atoms with E-state index in [4.69, 9.17) is 17.0 Å².